The van der Waals surface area contributed by atoms with Crippen LogP contribution < -0.4 is 22.7 Å². The molecule has 0 saturated carbocycles. The first-order chi connectivity index (χ1) is 6.50. The molecule has 0 unspecified atom stereocenters. The highest BCUT2D eigenvalue weighted by Crippen LogP contribution is 2.05. The topological polar surface area (TPSA) is 96.0 Å². The van der Waals surface area contributed by atoms with E-state index in [0.717, 1.165) is 11.0 Å². The van der Waals surface area contributed by atoms with Crippen LogP contribution in [0, 0.1) is 0 Å². The molecule has 0 radical (unpaired) electrons. The second-order valence-electron chi connectivity index (χ2n) is 3.10. The van der Waals surface area contributed by atoms with Gasteiger partial charge < -0.3 is 11.5 Å². The summed E-state index contributed by atoms with van der Waals surface area (Å²) in [7, 11) is 1.38. The molecular formula is C8H14N4O2. The molecule has 1 rings (SSSR count). The lowest BCUT2D eigenvalue weighted by atomic mass is 10.4. The molecule has 4 N–H and O–H groups in total. The molecule has 1 heterocycles. The largest absolute Gasteiger partial charge is 0.391 e. The lowest BCUT2D eigenvalue weighted by molar-refractivity contribution is 0.601. The third kappa shape index (κ3) is 1.39. The van der Waals surface area contributed by atoms with Gasteiger partial charge >= 0.3 is 5.69 Å². The fraction of sp³-hybridized carbons (Fsp3) is 0.500. The van der Waals surface area contributed by atoms with Crippen molar-refractivity contribution in [2.75, 3.05) is 11.5 Å². The fourth-order valence-electron chi connectivity index (χ4n) is 1.25. The van der Waals surface area contributed by atoms with Crippen LogP contribution in [-0.2, 0) is 13.6 Å². The van der Waals surface area contributed by atoms with Gasteiger partial charge in [-0.2, -0.15) is 0 Å². The lowest BCUT2D eigenvalue weighted by Crippen LogP contribution is -2.40. The Hall–Kier alpha value is -1.72. The first-order valence-electron chi connectivity index (χ1n) is 4.35. The number of anilines is 2. The van der Waals surface area contributed by atoms with Gasteiger partial charge in [0.1, 0.15) is 11.5 Å². The first kappa shape index (κ1) is 10.4. The van der Waals surface area contributed by atoms with Crippen LogP contribution in [0.2, 0.25) is 0 Å². The highest BCUT2D eigenvalue weighted by molar-refractivity contribution is 5.56. The van der Waals surface area contributed by atoms with E-state index >= 15 is 0 Å². The van der Waals surface area contributed by atoms with Crippen molar-refractivity contribution < 1.29 is 0 Å². The Labute approximate surface area is 80.8 Å². The molecule has 0 fully saturated rings. The Kier molecular flexibility index (Phi) is 2.64. The maximum Gasteiger partial charge on any atom is 0.332 e. The molecule has 0 aliphatic heterocycles. The van der Waals surface area contributed by atoms with E-state index in [-0.39, 0.29) is 11.5 Å². The average molecular weight is 198 g/mol. The number of nitrogen functional groups attached to an aromatic ring is 2. The number of rotatable bonds is 2. The highest BCUT2D eigenvalue weighted by Gasteiger charge is 2.11. The summed E-state index contributed by atoms with van der Waals surface area (Å²) in [5.41, 5.74) is 9.99. The maximum atomic E-state index is 11.5. The first-order valence-corrected chi connectivity index (χ1v) is 4.35. The minimum absolute atomic E-state index is 0.0555. The second kappa shape index (κ2) is 3.57. The average Bonchev–Trinajstić information content (AvgIpc) is 2.19. The van der Waals surface area contributed by atoms with Crippen molar-refractivity contribution in [3.05, 3.63) is 20.8 Å². The molecule has 0 saturated heterocycles. The van der Waals surface area contributed by atoms with Crippen molar-refractivity contribution >= 4 is 11.5 Å². The van der Waals surface area contributed by atoms with Gasteiger partial charge in [0, 0.05) is 13.6 Å². The molecule has 1 aromatic heterocycles. The molecule has 0 atom stereocenters. The predicted molar refractivity (Wildman–Crippen MR) is 55.1 cm³/mol. The summed E-state index contributed by atoms with van der Waals surface area (Å²) in [5, 5.41) is 0. The van der Waals surface area contributed by atoms with Gasteiger partial charge in [-0.05, 0) is 6.42 Å². The fourth-order valence-corrected chi connectivity index (χ4v) is 1.25. The minimum Gasteiger partial charge on any atom is -0.391 e. The van der Waals surface area contributed by atoms with Crippen LogP contribution in [0.5, 0.6) is 0 Å². The molecule has 78 valence electrons. The summed E-state index contributed by atoms with van der Waals surface area (Å²) in [6, 6.07) is 0. The third-order valence-electron chi connectivity index (χ3n) is 2.07. The molecule has 1 aromatic rings. The summed E-state index contributed by atoms with van der Waals surface area (Å²) in [6.45, 7) is 2.37. The molecular weight excluding hydrogens is 184 g/mol. The summed E-state index contributed by atoms with van der Waals surface area (Å²) in [5.74, 6) is 0.0555. The van der Waals surface area contributed by atoms with Crippen LogP contribution in [0.15, 0.2) is 9.59 Å². The molecule has 0 aliphatic carbocycles. The van der Waals surface area contributed by atoms with Crippen molar-refractivity contribution in [3.8, 4) is 0 Å². The molecule has 0 aromatic carbocycles. The summed E-state index contributed by atoms with van der Waals surface area (Å²) >= 11 is 0. The SMILES string of the molecule is CCCn1c(N)c(N)c(=O)n(C)c1=O. The monoisotopic (exact) mass is 198 g/mol. The van der Waals surface area contributed by atoms with Gasteiger partial charge in [-0.1, -0.05) is 6.92 Å². The molecule has 0 spiro atoms. The van der Waals surface area contributed by atoms with Gasteiger partial charge in [-0.25, -0.2) is 4.79 Å². The van der Waals surface area contributed by atoms with Crippen molar-refractivity contribution in [1.29, 1.82) is 0 Å². The van der Waals surface area contributed by atoms with Gasteiger partial charge in [-0.3, -0.25) is 13.9 Å². The zero-order valence-electron chi connectivity index (χ0n) is 8.28. The van der Waals surface area contributed by atoms with Gasteiger partial charge in [0.15, 0.2) is 0 Å². The van der Waals surface area contributed by atoms with E-state index in [0.29, 0.717) is 6.54 Å². The summed E-state index contributed by atoms with van der Waals surface area (Å²) < 4.78 is 2.26. The van der Waals surface area contributed by atoms with Crippen molar-refractivity contribution in [1.82, 2.24) is 9.13 Å². The Morgan fingerprint density at radius 1 is 1.29 bits per heavy atom. The second-order valence-corrected chi connectivity index (χ2v) is 3.10. The number of aromatic nitrogens is 2. The highest BCUT2D eigenvalue weighted by atomic mass is 16.2. The smallest absolute Gasteiger partial charge is 0.332 e. The van der Waals surface area contributed by atoms with Gasteiger partial charge in [-0.15, -0.1) is 0 Å². The zero-order chi connectivity index (χ0) is 10.9. The third-order valence-corrected chi connectivity index (χ3v) is 2.07. The van der Waals surface area contributed by atoms with Crippen molar-refractivity contribution in [2.45, 2.75) is 19.9 Å². The van der Waals surface area contributed by atoms with E-state index in [1.165, 1.54) is 11.6 Å². The van der Waals surface area contributed by atoms with Crippen LogP contribution >= 0.6 is 0 Å². The molecule has 0 aliphatic rings. The number of hydrogen-bond acceptors (Lipinski definition) is 4. The van der Waals surface area contributed by atoms with Crippen LogP contribution in [0.3, 0.4) is 0 Å². The Morgan fingerprint density at radius 3 is 2.36 bits per heavy atom. The van der Waals surface area contributed by atoms with Crippen molar-refractivity contribution in [2.24, 2.45) is 7.05 Å². The minimum atomic E-state index is -0.542. The van der Waals surface area contributed by atoms with E-state index in [2.05, 4.69) is 0 Å². The summed E-state index contributed by atoms with van der Waals surface area (Å²) in [6.07, 6.45) is 0.752. The van der Waals surface area contributed by atoms with Crippen LogP contribution in [-0.4, -0.2) is 9.13 Å². The zero-order valence-corrected chi connectivity index (χ0v) is 8.28. The number of hydrogen-bond donors (Lipinski definition) is 2. The quantitative estimate of drug-likeness (QED) is 0.645. The molecule has 14 heavy (non-hydrogen) atoms. The summed E-state index contributed by atoms with van der Waals surface area (Å²) in [4.78, 5) is 22.9. The molecule has 6 nitrogen and oxygen atoms in total. The molecule has 0 bridgehead atoms. The Balaban J connectivity index is 3.60. The van der Waals surface area contributed by atoms with E-state index in [1.54, 1.807) is 0 Å². The van der Waals surface area contributed by atoms with Crippen molar-refractivity contribution in [3.63, 3.8) is 0 Å². The van der Waals surface area contributed by atoms with E-state index in [4.69, 9.17) is 11.5 Å². The van der Waals surface area contributed by atoms with E-state index in [1.807, 2.05) is 6.92 Å². The number of nitrogens with two attached hydrogens (primary N) is 2. The predicted octanol–water partition coefficient (Wildman–Crippen LogP) is -0.879. The Morgan fingerprint density at radius 2 is 1.86 bits per heavy atom. The Bertz CT molecular complexity index is 458. The van der Waals surface area contributed by atoms with Crippen LogP contribution in [0.25, 0.3) is 0 Å². The lowest BCUT2D eigenvalue weighted by Gasteiger charge is -2.11. The number of nitrogens with zero attached hydrogens (tertiary/aromatic N) is 2. The maximum absolute atomic E-state index is 11.5. The van der Waals surface area contributed by atoms with Crippen LogP contribution in [0.1, 0.15) is 13.3 Å². The molecule has 0 amide bonds. The van der Waals surface area contributed by atoms with Gasteiger partial charge in [0.25, 0.3) is 5.56 Å². The van der Waals surface area contributed by atoms with E-state index in [9.17, 15) is 9.59 Å². The standard InChI is InChI=1S/C8H14N4O2/c1-3-4-12-6(10)5(9)7(13)11(2)8(12)14/h3-4,9-10H2,1-2H3. The van der Waals surface area contributed by atoms with Crippen LogP contribution in [0.4, 0.5) is 11.5 Å². The normalized spacial score (nSPS) is 10.4. The van der Waals surface area contributed by atoms with Gasteiger partial charge in [0.05, 0.1) is 0 Å². The van der Waals surface area contributed by atoms with E-state index < -0.39 is 11.2 Å². The van der Waals surface area contributed by atoms with Gasteiger partial charge in [0.2, 0.25) is 0 Å². The molecule has 6 heteroatoms.